The fourth-order valence-corrected chi connectivity index (χ4v) is 2.99. The summed E-state index contributed by atoms with van der Waals surface area (Å²) >= 11 is 0. The van der Waals surface area contributed by atoms with Crippen LogP contribution in [0.5, 0.6) is 5.75 Å². The summed E-state index contributed by atoms with van der Waals surface area (Å²) in [6, 6.07) is 13.8. The van der Waals surface area contributed by atoms with Crippen LogP contribution in [0.25, 0.3) is 0 Å². The van der Waals surface area contributed by atoms with Crippen molar-refractivity contribution < 1.29 is 18.7 Å². The predicted molar refractivity (Wildman–Crippen MR) is 88.5 cm³/mol. The van der Waals surface area contributed by atoms with Gasteiger partial charge in [0, 0.05) is 26.5 Å². The van der Waals surface area contributed by atoms with Crippen LogP contribution in [0.4, 0.5) is 4.39 Å². The molecule has 24 heavy (non-hydrogen) atoms. The molecule has 4 nitrogen and oxygen atoms in total. The van der Waals surface area contributed by atoms with Crippen molar-refractivity contribution in [3.8, 4) is 5.75 Å². The first kappa shape index (κ1) is 16.5. The number of halogens is 1. The van der Waals surface area contributed by atoms with E-state index >= 15 is 0 Å². The van der Waals surface area contributed by atoms with E-state index in [0.29, 0.717) is 12.3 Å². The number of amides is 1. The zero-order valence-corrected chi connectivity index (χ0v) is 13.5. The number of benzene rings is 2. The zero-order chi connectivity index (χ0) is 17.0. The highest BCUT2D eigenvalue weighted by molar-refractivity contribution is 5.77. The lowest BCUT2D eigenvalue weighted by molar-refractivity contribution is -0.124. The quantitative estimate of drug-likeness (QED) is 0.886. The van der Waals surface area contributed by atoms with Crippen LogP contribution in [-0.4, -0.2) is 31.8 Å². The van der Waals surface area contributed by atoms with Gasteiger partial charge < -0.3 is 14.8 Å². The fourth-order valence-electron chi connectivity index (χ4n) is 2.99. The second-order valence-corrected chi connectivity index (χ2v) is 6.03. The van der Waals surface area contributed by atoms with Crippen LogP contribution in [0.15, 0.2) is 48.5 Å². The Morgan fingerprint density at radius 1 is 1.12 bits per heavy atom. The van der Waals surface area contributed by atoms with Gasteiger partial charge in [0.1, 0.15) is 11.6 Å². The van der Waals surface area contributed by atoms with Crippen LogP contribution in [0, 0.1) is 5.82 Å². The molecule has 0 bridgehead atoms. The molecule has 2 aromatic carbocycles. The van der Waals surface area contributed by atoms with Gasteiger partial charge in [-0.1, -0.05) is 24.3 Å². The lowest BCUT2D eigenvalue weighted by atomic mass is 10.00. The maximum atomic E-state index is 12.8. The zero-order valence-electron chi connectivity index (χ0n) is 13.5. The van der Waals surface area contributed by atoms with Gasteiger partial charge in [0.2, 0.25) is 0 Å². The minimum absolute atomic E-state index is 0.113. The summed E-state index contributed by atoms with van der Waals surface area (Å²) < 4.78 is 23.9. The molecular formula is C19H20FNO3. The van der Waals surface area contributed by atoms with Gasteiger partial charge >= 0.3 is 0 Å². The molecule has 1 aliphatic rings. The molecule has 0 atom stereocenters. The molecule has 0 saturated heterocycles. The van der Waals surface area contributed by atoms with Gasteiger partial charge in [-0.2, -0.15) is 0 Å². The lowest BCUT2D eigenvalue weighted by Gasteiger charge is -2.27. The molecule has 0 aromatic heterocycles. The van der Waals surface area contributed by atoms with E-state index in [1.165, 1.54) is 35.4 Å². The highest BCUT2D eigenvalue weighted by Crippen LogP contribution is 2.32. The first-order chi connectivity index (χ1) is 11.6. The third kappa shape index (κ3) is 3.74. The number of ether oxygens (including phenoxy) is 2. The molecule has 0 fully saturated rings. The first-order valence-corrected chi connectivity index (χ1v) is 7.87. The second-order valence-electron chi connectivity index (χ2n) is 6.03. The summed E-state index contributed by atoms with van der Waals surface area (Å²) in [6.07, 6.45) is 1.55. The van der Waals surface area contributed by atoms with Crippen molar-refractivity contribution in [3.63, 3.8) is 0 Å². The van der Waals surface area contributed by atoms with Gasteiger partial charge in [0.25, 0.3) is 5.91 Å². The van der Waals surface area contributed by atoms with Gasteiger partial charge in [-0.05, 0) is 35.4 Å². The van der Waals surface area contributed by atoms with Gasteiger partial charge in [-0.15, -0.1) is 0 Å². The molecule has 0 radical (unpaired) electrons. The molecule has 1 aliphatic carbocycles. The van der Waals surface area contributed by atoms with Crippen molar-refractivity contribution in [2.24, 2.45) is 0 Å². The largest absolute Gasteiger partial charge is 0.484 e. The topological polar surface area (TPSA) is 47.6 Å². The molecule has 0 saturated carbocycles. The van der Waals surface area contributed by atoms with Crippen molar-refractivity contribution in [1.82, 2.24) is 5.32 Å². The predicted octanol–water partition coefficient (Wildman–Crippen LogP) is 2.50. The van der Waals surface area contributed by atoms with E-state index in [-0.39, 0.29) is 18.3 Å². The Balaban J connectivity index is 1.51. The molecule has 1 N–H and O–H groups in total. The van der Waals surface area contributed by atoms with Crippen molar-refractivity contribution >= 4 is 5.91 Å². The average molecular weight is 329 g/mol. The van der Waals surface area contributed by atoms with Crippen LogP contribution in [-0.2, 0) is 22.4 Å². The van der Waals surface area contributed by atoms with Gasteiger partial charge in [0.05, 0.1) is 5.60 Å². The van der Waals surface area contributed by atoms with Crippen molar-refractivity contribution in [2.75, 3.05) is 20.3 Å². The van der Waals surface area contributed by atoms with Crippen molar-refractivity contribution in [2.45, 2.75) is 18.4 Å². The van der Waals surface area contributed by atoms with Gasteiger partial charge in [0.15, 0.2) is 6.61 Å². The van der Waals surface area contributed by atoms with E-state index in [1.807, 2.05) is 12.1 Å². The summed E-state index contributed by atoms with van der Waals surface area (Å²) in [6.45, 7) is 0.308. The number of rotatable bonds is 6. The maximum Gasteiger partial charge on any atom is 0.258 e. The molecule has 126 valence electrons. The number of fused-ring (bicyclic) bond motifs is 1. The van der Waals surface area contributed by atoms with Crippen LogP contribution < -0.4 is 10.1 Å². The molecule has 0 unspecified atom stereocenters. The summed E-state index contributed by atoms with van der Waals surface area (Å²) in [4.78, 5) is 12.0. The Kier molecular flexibility index (Phi) is 4.81. The highest BCUT2D eigenvalue weighted by Gasteiger charge is 2.37. The molecule has 1 amide bonds. The van der Waals surface area contributed by atoms with E-state index in [1.54, 1.807) is 7.11 Å². The molecule has 0 heterocycles. The second kappa shape index (κ2) is 7.01. The third-order valence-electron chi connectivity index (χ3n) is 4.37. The van der Waals surface area contributed by atoms with Gasteiger partial charge in [-0.3, -0.25) is 4.79 Å². The summed E-state index contributed by atoms with van der Waals surface area (Å²) in [5.74, 6) is -0.109. The third-order valence-corrected chi connectivity index (χ3v) is 4.37. The molecule has 3 rings (SSSR count). The minimum Gasteiger partial charge on any atom is -0.484 e. The number of hydrogen-bond acceptors (Lipinski definition) is 3. The molecular weight excluding hydrogens is 309 g/mol. The Labute approximate surface area is 140 Å². The van der Waals surface area contributed by atoms with E-state index < -0.39 is 5.60 Å². The number of carbonyl (C=O) groups is 1. The van der Waals surface area contributed by atoms with E-state index in [0.717, 1.165) is 12.8 Å². The number of carbonyl (C=O) groups excluding carboxylic acids is 1. The molecule has 5 heteroatoms. The summed E-state index contributed by atoms with van der Waals surface area (Å²) in [5, 5.41) is 2.87. The summed E-state index contributed by atoms with van der Waals surface area (Å²) in [5.41, 5.74) is 2.11. The number of nitrogens with one attached hydrogen (secondary N) is 1. The minimum atomic E-state index is -0.408. The monoisotopic (exact) mass is 329 g/mol. The standard InChI is InChI=1S/C19H20FNO3/c1-23-19(10-14-4-2-3-5-15(14)11-19)13-21-18(22)12-24-17-8-6-16(20)7-9-17/h2-9H,10-13H2,1H3,(H,21,22). The Bertz CT molecular complexity index is 690. The average Bonchev–Trinajstić information content (AvgIpc) is 2.99. The number of methoxy groups -OCH3 is 1. The first-order valence-electron chi connectivity index (χ1n) is 7.87. The molecule has 0 aliphatic heterocycles. The fraction of sp³-hybridized carbons (Fsp3) is 0.316. The maximum absolute atomic E-state index is 12.8. The van der Waals surface area contributed by atoms with Crippen LogP contribution in [0.1, 0.15) is 11.1 Å². The lowest BCUT2D eigenvalue weighted by Crippen LogP contribution is -2.46. The molecule has 0 spiro atoms. The highest BCUT2D eigenvalue weighted by atomic mass is 19.1. The smallest absolute Gasteiger partial charge is 0.258 e. The Hall–Kier alpha value is -2.40. The normalized spacial score (nSPS) is 14.9. The van der Waals surface area contributed by atoms with E-state index in [4.69, 9.17) is 9.47 Å². The Morgan fingerprint density at radius 3 is 2.33 bits per heavy atom. The van der Waals surface area contributed by atoms with Crippen molar-refractivity contribution in [1.29, 1.82) is 0 Å². The van der Waals surface area contributed by atoms with Gasteiger partial charge in [-0.25, -0.2) is 4.39 Å². The molecule has 2 aromatic rings. The van der Waals surface area contributed by atoms with Crippen LogP contribution in [0.3, 0.4) is 0 Å². The number of hydrogen-bond donors (Lipinski definition) is 1. The van der Waals surface area contributed by atoms with E-state index in [2.05, 4.69) is 17.4 Å². The summed E-state index contributed by atoms with van der Waals surface area (Å²) in [7, 11) is 1.67. The van der Waals surface area contributed by atoms with Crippen LogP contribution >= 0.6 is 0 Å². The van der Waals surface area contributed by atoms with Crippen molar-refractivity contribution in [3.05, 3.63) is 65.5 Å². The van der Waals surface area contributed by atoms with Crippen LogP contribution in [0.2, 0.25) is 0 Å². The van der Waals surface area contributed by atoms with E-state index in [9.17, 15) is 9.18 Å². The Morgan fingerprint density at radius 2 is 1.75 bits per heavy atom. The SMILES string of the molecule is COC1(CNC(=O)COc2ccc(F)cc2)Cc2ccccc2C1.